The number of ether oxygens (including phenoxy) is 4. The van der Waals surface area contributed by atoms with E-state index in [1.807, 2.05) is 0 Å². The lowest BCUT2D eigenvalue weighted by atomic mass is 9.76. The third-order valence-corrected chi connectivity index (χ3v) is 6.87. The third-order valence-electron chi connectivity index (χ3n) is 6.87. The molecule has 0 saturated heterocycles. The van der Waals surface area contributed by atoms with Gasteiger partial charge in [-0.1, -0.05) is 6.42 Å². The van der Waals surface area contributed by atoms with Crippen molar-refractivity contribution in [1.29, 1.82) is 0 Å². The van der Waals surface area contributed by atoms with Crippen molar-refractivity contribution < 1.29 is 33.6 Å². The average Bonchev–Trinajstić information content (AvgIpc) is 2.78. The first-order valence-corrected chi connectivity index (χ1v) is 11.0. The van der Waals surface area contributed by atoms with E-state index < -0.39 is 11.5 Å². The maximum Gasteiger partial charge on any atom is 0.312 e. The van der Waals surface area contributed by atoms with Gasteiger partial charge in [-0.2, -0.15) is 0 Å². The van der Waals surface area contributed by atoms with Crippen LogP contribution in [-0.2, 0) is 4.79 Å². The molecular formula is C25H26O7. The highest BCUT2D eigenvalue weighted by molar-refractivity contribution is 6.01. The molecule has 1 N–H and O–H groups in total. The number of hydrogen-bond acceptors (Lipinski definition) is 7. The number of phenolic OH excluding ortho intramolecular Hbond substituents is 1. The molecule has 2 heterocycles. The Morgan fingerprint density at radius 2 is 1.72 bits per heavy atom. The number of carbonyl (C=O) groups is 2. The fraction of sp³-hybridized carbons (Fsp3) is 0.440. The van der Waals surface area contributed by atoms with Crippen LogP contribution >= 0.6 is 0 Å². The van der Waals surface area contributed by atoms with Gasteiger partial charge < -0.3 is 24.1 Å². The quantitative estimate of drug-likeness (QED) is 0.556. The molecule has 1 aliphatic carbocycles. The lowest BCUT2D eigenvalue weighted by Gasteiger charge is -2.42. The Labute approximate surface area is 186 Å². The average molecular weight is 438 g/mol. The van der Waals surface area contributed by atoms with Crippen LogP contribution in [-0.4, -0.2) is 36.7 Å². The first-order valence-electron chi connectivity index (χ1n) is 11.0. The van der Waals surface area contributed by atoms with E-state index >= 15 is 0 Å². The molecule has 7 heteroatoms. The van der Waals surface area contributed by atoms with Crippen LogP contribution in [0.4, 0.5) is 0 Å². The summed E-state index contributed by atoms with van der Waals surface area (Å²) in [4.78, 5) is 25.6. The van der Waals surface area contributed by atoms with Gasteiger partial charge in [0.2, 0.25) is 5.75 Å². The molecule has 3 aliphatic rings. The van der Waals surface area contributed by atoms with Crippen molar-refractivity contribution in [2.75, 3.05) is 14.2 Å². The van der Waals surface area contributed by atoms with E-state index in [1.165, 1.54) is 14.2 Å². The Bertz CT molecular complexity index is 1070. The van der Waals surface area contributed by atoms with Crippen LogP contribution in [0.25, 0.3) is 0 Å². The zero-order valence-electron chi connectivity index (χ0n) is 18.2. The minimum absolute atomic E-state index is 0.0625. The van der Waals surface area contributed by atoms with E-state index in [0.29, 0.717) is 34.6 Å². The van der Waals surface area contributed by atoms with Gasteiger partial charge in [-0.3, -0.25) is 9.59 Å². The minimum atomic E-state index is -0.492. The van der Waals surface area contributed by atoms with E-state index in [2.05, 4.69) is 0 Å². The molecule has 5 rings (SSSR count). The molecule has 0 aromatic heterocycles. The van der Waals surface area contributed by atoms with Crippen molar-refractivity contribution in [2.45, 2.75) is 56.5 Å². The predicted octanol–water partition coefficient (Wildman–Crippen LogP) is 4.52. The Kier molecular flexibility index (Phi) is 4.99. The first-order chi connectivity index (χ1) is 15.4. The number of fused-ring (bicyclic) bond motifs is 3. The molecule has 0 amide bonds. The van der Waals surface area contributed by atoms with E-state index in [0.717, 1.165) is 32.1 Å². The zero-order valence-corrected chi connectivity index (χ0v) is 18.2. The Morgan fingerprint density at radius 3 is 2.38 bits per heavy atom. The van der Waals surface area contributed by atoms with Crippen molar-refractivity contribution >= 4 is 11.8 Å². The number of rotatable bonds is 3. The number of ketones is 1. The van der Waals surface area contributed by atoms with Crippen molar-refractivity contribution in [2.24, 2.45) is 0 Å². The molecule has 7 nitrogen and oxygen atoms in total. The first kappa shape index (κ1) is 20.7. The van der Waals surface area contributed by atoms with Crippen LogP contribution in [0.2, 0.25) is 0 Å². The molecule has 1 spiro atoms. The number of esters is 1. The number of methoxy groups -OCH3 is 2. The summed E-state index contributed by atoms with van der Waals surface area (Å²) in [5.41, 5.74) is 1.44. The molecule has 32 heavy (non-hydrogen) atoms. The van der Waals surface area contributed by atoms with E-state index in [1.54, 1.807) is 24.3 Å². The number of aromatic hydroxyl groups is 1. The van der Waals surface area contributed by atoms with Crippen LogP contribution in [0, 0.1) is 0 Å². The van der Waals surface area contributed by atoms with Crippen molar-refractivity contribution in [3.63, 3.8) is 0 Å². The highest BCUT2D eigenvalue weighted by atomic mass is 16.5. The standard InChI is InChI=1S/C25H26O7/c1-29-19-10-14(11-20(30-2)23(19)28)16-12-21(27)31-18-7-6-15-17(26)13-25(8-4-3-5-9-25)32-24(15)22(16)18/h6-7,10-11,16,28H,3-5,8-9,12-13H2,1-2H3. The SMILES string of the molecule is COc1cc(C2CC(=O)Oc3ccc4c(c32)OC2(CCCCC2)CC4=O)cc(OC)c1O. The molecule has 168 valence electrons. The largest absolute Gasteiger partial charge is 0.502 e. The van der Waals surface area contributed by atoms with Gasteiger partial charge in [0.1, 0.15) is 17.1 Å². The monoisotopic (exact) mass is 438 g/mol. The fourth-order valence-electron chi connectivity index (χ4n) is 5.28. The molecular weight excluding hydrogens is 412 g/mol. The lowest BCUT2D eigenvalue weighted by molar-refractivity contribution is -0.135. The van der Waals surface area contributed by atoms with Gasteiger partial charge in [-0.05, 0) is 55.5 Å². The second-order valence-corrected chi connectivity index (χ2v) is 8.80. The molecule has 0 radical (unpaired) electrons. The van der Waals surface area contributed by atoms with E-state index in [9.17, 15) is 14.7 Å². The fourth-order valence-corrected chi connectivity index (χ4v) is 5.28. The number of carbonyl (C=O) groups excluding carboxylic acids is 2. The van der Waals surface area contributed by atoms with Crippen molar-refractivity contribution in [3.8, 4) is 28.7 Å². The summed E-state index contributed by atoms with van der Waals surface area (Å²) in [5.74, 6) is 0.545. The molecule has 2 aromatic carbocycles. The summed E-state index contributed by atoms with van der Waals surface area (Å²) < 4.78 is 22.8. The molecule has 1 saturated carbocycles. The van der Waals surface area contributed by atoms with E-state index in [4.69, 9.17) is 18.9 Å². The topological polar surface area (TPSA) is 91.3 Å². The second kappa shape index (κ2) is 7.73. The molecule has 1 unspecified atom stereocenters. The van der Waals surface area contributed by atoms with Gasteiger partial charge in [0.15, 0.2) is 17.3 Å². The van der Waals surface area contributed by atoms with Crippen LogP contribution in [0.1, 0.15) is 72.3 Å². The Hall–Kier alpha value is -3.22. The Morgan fingerprint density at radius 1 is 1.03 bits per heavy atom. The van der Waals surface area contributed by atoms with Gasteiger partial charge in [-0.15, -0.1) is 0 Å². The normalized spacial score (nSPS) is 21.2. The summed E-state index contributed by atoms with van der Waals surface area (Å²) >= 11 is 0. The maximum absolute atomic E-state index is 13.1. The number of Topliss-reactive ketones (excluding diaryl/α,β-unsaturated/α-hetero) is 1. The van der Waals surface area contributed by atoms with Crippen molar-refractivity contribution in [3.05, 3.63) is 41.0 Å². The summed E-state index contributed by atoms with van der Waals surface area (Å²) in [6.45, 7) is 0. The summed E-state index contributed by atoms with van der Waals surface area (Å²) in [5, 5.41) is 10.3. The molecule has 0 bridgehead atoms. The van der Waals surface area contributed by atoms with Gasteiger partial charge in [0.25, 0.3) is 0 Å². The van der Waals surface area contributed by atoms with Crippen LogP contribution in [0.3, 0.4) is 0 Å². The van der Waals surface area contributed by atoms with Gasteiger partial charge >= 0.3 is 5.97 Å². The molecule has 1 fully saturated rings. The van der Waals surface area contributed by atoms with Crippen LogP contribution in [0.5, 0.6) is 28.7 Å². The number of hydrogen-bond donors (Lipinski definition) is 1. The maximum atomic E-state index is 13.1. The zero-order chi connectivity index (χ0) is 22.5. The third kappa shape index (κ3) is 3.27. The molecule has 2 aromatic rings. The molecule has 1 atom stereocenters. The van der Waals surface area contributed by atoms with Crippen LogP contribution in [0.15, 0.2) is 24.3 Å². The number of benzene rings is 2. The predicted molar refractivity (Wildman–Crippen MR) is 115 cm³/mol. The smallest absolute Gasteiger partial charge is 0.312 e. The van der Waals surface area contributed by atoms with Gasteiger partial charge in [-0.25, -0.2) is 0 Å². The van der Waals surface area contributed by atoms with E-state index in [-0.39, 0.29) is 35.4 Å². The molecule has 2 aliphatic heterocycles. The summed E-state index contributed by atoms with van der Waals surface area (Å²) in [6, 6.07) is 6.74. The van der Waals surface area contributed by atoms with Gasteiger partial charge in [0, 0.05) is 11.5 Å². The Balaban J connectivity index is 1.68. The highest BCUT2D eigenvalue weighted by Crippen LogP contribution is 2.52. The number of phenols is 1. The second-order valence-electron chi connectivity index (χ2n) is 8.80. The highest BCUT2D eigenvalue weighted by Gasteiger charge is 2.45. The van der Waals surface area contributed by atoms with Crippen LogP contribution < -0.4 is 18.9 Å². The van der Waals surface area contributed by atoms with Crippen molar-refractivity contribution in [1.82, 2.24) is 0 Å². The van der Waals surface area contributed by atoms with Gasteiger partial charge in [0.05, 0.1) is 32.6 Å². The summed E-state index contributed by atoms with van der Waals surface area (Å²) in [7, 11) is 2.91. The minimum Gasteiger partial charge on any atom is -0.502 e. The summed E-state index contributed by atoms with van der Waals surface area (Å²) in [6.07, 6.45) is 5.34. The lowest BCUT2D eigenvalue weighted by Crippen LogP contribution is -2.44.